The van der Waals surface area contributed by atoms with Gasteiger partial charge in [0, 0.05) is 31.7 Å². The smallest absolute Gasteiger partial charge is 0.123 e. The van der Waals surface area contributed by atoms with Crippen LogP contribution in [0.25, 0.3) is 0 Å². The number of hydrogen-bond acceptors (Lipinski definition) is 4. The average Bonchev–Trinajstić information content (AvgIpc) is 2.45. The summed E-state index contributed by atoms with van der Waals surface area (Å²) in [7, 11) is 0. The minimum atomic E-state index is 0.315. The quantitative estimate of drug-likeness (QED) is 0.836. The highest BCUT2D eigenvalue weighted by Crippen LogP contribution is 2.18. The molecule has 21 heavy (non-hydrogen) atoms. The van der Waals surface area contributed by atoms with Crippen LogP contribution in [-0.4, -0.2) is 49.9 Å². The first-order chi connectivity index (χ1) is 10.2. The van der Waals surface area contributed by atoms with E-state index >= 15 is 0 Å². The van der Waals surface area contributed by atoms with Crippen molar-refractivity contribution in [2.24, 2.45) is 0 Å². The van der Waals surface area contributed by atoms with Gasteiger partial charge in [-0.15, -0.1) is 0 Å². The number of nitrogens with one attached hydrogen (secondary N) is 1. The van der Waals surface area contributed by atoms with E-state index in [4.69, 9.17) is 9.47 Å². The molecule has 2 unspecified atom stereocenters. The molecule has 1 fully saturated rings. The third kappa shape index (κ3) is 5.30. The van der Waals surface area contributed by atoms with Gasteiger partial charge in [0.15, 0.2) is 0 Å². The zero-order valence-corrected chi connectivity index (χ0v) is 13.5. The predicted octanol–water partition coefficient (Wildman–Crippen LogP) is 2.28. The van der Waals surface area contributed by atoms with Gasteiger partial charge in [-0.3, -0.25) is 4.90 Å². The fourth-order valence-corrected chi connectivity index (χ4v) is 2.80. The Bertz CT molecular complexity index is 415. The summed E-state index contributed by atoms with van der Waals surface area (Å²) in [5.74, 6) is 0.993. The van der Waals surface area contributed by atoms with Gasteiger partial charge in [-0.1, -0.05) is 25.1 Å². The summed E-state index contributed by atoms with van der Waals surface area (Å²) in [5.41, 5.74) is 1.23. The zero-order chi connectivity index (χ0) is 15.1. The summed E-state index contributed by atoms with van der Waals surface area (Å²) < 4.78 is 11.7. The van der Waals surface area contributed by atoms with E-state index in [0.717, 1.165) is 45.1 Å². The minimum absolute atomic E-state index is 0.315. The van der Waals surface area contributed by atoms with Crippen LogP contribution in [0, 0.1) is 0 Å². The summed E-state index contributed by atoms with van der Waals surface area (Å²) >= 11 is 0. The van der Waals surface area contributed by atoms with Crippen molar-refractivity contribution in [3.8, 4) is 5.75 Å². The fraction of sp³-hybridized carbons (Fsp3) is 0.647. The Morgan fingerprint density at radius 1 is 1.24 bits per heavy atom. The van der Waals surface area contributed by atoms with Crippen LogP contribution < -0.4 is 10.1 Å². The standard InChI is InChI=1S/C17H28N2O2/c1-4-18-11-16-7-5-6-8-17(16)20-10-9-19-12-14(2)21-15(3)13-19/h5-8,14-15,18H,4,9-13H2,1-3H3. The summed E-state index contributed by atoms with van der Waals surface area (Å²) in [6.45, 7) is 11.9. The zero-order valence-electron chi connectivity index (χ0n) is 13.5. The third-order valence-corrected chi connectivity index (χ3v) is 3.70. The molecule has 0 bridgehead atoms. The lowest BCUT2D eigenvalue weighted by atomic mass is 10.2. The van der Waals surface area contributed by atoms with Crippen molar-refractivity contribution in [1.29, 1.82) is 0 Å². The van der Waals surface area contributed by atoms with Crippen LogP contribution in [0.4, 0.5) is 0 Å². The molecule has 0 amide bonds. The molecular formula is C17H28N2O2. The molecule has 4 nitrogen and oxygen atoms in total. The van der Waals surface area contributed by atoms with Crippen LogP contribution in [0.15, 0.2) is 24.3 Å². The number of rotatable bonds is 7. The maximum absolute atomic E-state index is 5.98. The van der Waals surface area contributed by atoms with Gasteiger partial charge in [-0.05, 0) is 26.5 Å². The third-order valence-electron chi connectivity index (χ3n) is 3.70. The maximum atomic E-state index is 5.98. The normalized spacial score (nSPS) is 23.2. The van der Waals surface area contributed by atoms with E-state index in [1.54, 1.807) is 0 Å². The van der Waals surface area contributed by atoms with E-state index < -0.39 is 0 Å². The molecule has 118 valence electrons. The lowest BCUT2D eigenvalue weighted by Crippen LogP contribution is -2.46. The van der Waals surface area contributed by atoms with Crippen LogP contribution in [0.5, 0.6) is 5.75 Å². The summed E-state index contributed by atoms with van der Waals surface area (Å²) in [5, 5.41) is 3.35. The first kappa shape index (κ1) is 16.3. The Morgan fingerprint density at radius 3 is 2.67 bits per heavy atom. The molecule has 1 heterocycles. The van der Waals surface area contributed by atoms with Gasteiger partial charge in [0.1, 0.15) is 12.4 Å². The highest BCUT2D eigenvalue weighted by Gasteiger charge is 2.21. The highest BCUT2D eigenvalue weighted by molar-refractivity contribution is 5.33. The Labute approximate surface area is 128 Å². The van der Waals surface area contributed by atoms with Crippen molar-refractivity contribution >= 4 is 0 Å². The molecule has 2 atom stereocenters. The van der Waals surface area contributed by atoms with Crippen LogP contribution in [0.3, 0.4) is 0 Å². The Morgan fingerprint density at radius 2 is 1.95 bits per heavy atom. The Kier molecular flexibility index (Phi) is 6.49. The van der Waals surface area contributed by atoms with Crippen molar-refractivity contribution in [2.75, 3.05) is 32.8 Å². The average molecular weight is 292 g/mol. The van der Waals surface area contributed by atoms with Gasteiger partial charge in [-0.2, -0.15) is 0 Å². The molecule has 1 N–H and O–H groups in total. The number of nitrogens with zero attached hydrogens (tertiary/aromatic N) is 1. The number of ether oxygens (including phenoxy) is 2. The molecule has 2 rings (SSSR count). The molecule has 4 heteroatoms. The van der Waals surface area contributed by atoms with Gasteiger partial charge in [0.2, 0.25) is 0 Å². The number of hydrogen-bond donors (Lipinski definition) is 1. The van der Waals surface area contributed by atoms with Crippen molar-refractivity contribution in [2.45, 2.75) is 39.5 Å². The second-order valence-electron chi connectivity index (χ2n) is 5.75. The topological polar surface area (TPSA) is 33.7 Å². The molecule has 1 aliphatic rings. The van der Waals surface area contributed by atoms with E-state index in [2.05, 4.69) is 49.2 Å². The van der Waals surface area contributed by atoms with E-state index in [0.29, 0.717) is 12.2 Å². The molecule has 1 aliphatic heterocycles. The molecule has 1 aromatic rings. The van der Waals surface area contributed by atoms with Crippen LogP contribution in [-0.2, 0) is 11.3 Å². The summed E-state index contributed by atoms with van der Waals surface area (Å²) in [4.78, 5) is 2.42. The Balaban J connectivity index is 1.80. The molecule has 0 radical (unpaired) electrons. The first-order valence-electron chi connectivity index (χ1n) is 7.98. The summed E-state index contributed by atoms with van der Waals surface area (Å²) in [6, 6.07) is 8.27. The monoisotopic (exact) mass is 292 g/mol. The second kappa shape index (κ2) is 8.37. The van der Waals surface area contributed by atoms with Gasteiger partial charge < -0.3 is 14.8 Å². The minimum Gasteiger partial charge on any atom is -0.492 e. The molecule has 0 saturated carbocycles. The molecule has 0 aliphatic carbocycles. The van der Waals surface area contributed by atoms with Gasteiger partial charge in [0.05, 0.1) is 12.2 Å². The van der Waals surface area contributed by atoms with Crippen molar-refractivity contribution in [3.05, 3.63) is 29.8 Å². The predicted molar refractivity (Wildman–Crippen MR) is 85.8 cm³/mol. The molecule has 1 aromatic carbocycles. The lowest BCUT2D eigenvalue weighted by Gasteiger charge is -2.35. The Hall–Kier alpha value is -1.10. The van der Waals surface area contributed by atoms with E-state index in [1.165, 1.54) is 5.56 Å². The van der Waals surface area contributed by atoms with Crippen LogP contribution >= 0.6 is 0 Å². The molecule has 0 spiro atoms. The summed E-state index contributed by atoms with van der Waals surface area (Å²) in [6.07, 6.45) is 0.629. The van der Waals surface area contributed by atoms with Crippen LogP contribution in [0.2, 0.25) is 0 Å². The maximum Gasteiger partial charge on any atom is 0.123 e. The SMILES string of the molecule is CCNCc1ccccc1OCCN1CC(C)OC(C)C1. The van der Waals surface area contributed by atoms with Crippen molar-refractivity contribution in [1.82, 2.24) is 10.2 Å². The number of morpholine rings is 1. The van der Waals surface area contributed by atoms with Crippen molar-refractivity contribution in [3.63, 3.8) is 0 Å². The second-order valence-corrected chi connectivity index (χ2v) is 5.75. The molecule has 0 aromatic heterocycles. The van der Waals surface area contributed by atoms with Gasteiger partial charge in [-0.25, -0.2) is 0 Å². The largest absolute Gasteiger partial charge is 0.492 e. The van der Waals surface area contributed by atoms with E-state index in [1.807, 2.05) is 6.07 Å². The van der Waals surface area contributed by atoms with Crippen molar-refractivity contribution < 1.29 is 9.47 Å². The first-order valence-corrected chi connectivity index (χ1v) is 7.98. The van der Waals surface area contributed by atoms with Gasteiger partial charge in [0.25, 0.3) is 0 Å². The highest BCUT2D eigenvalue weighted by atomic mass is 16.5. The molecular weight excluding hydrogens is 264 g/mol. The fourth-order valence-electron chi connectivity index (χ4n) is 2.80. The number of para-hydroxylation sites is 1. The van der Waals surface area contributed by atoms with Gasteiger partial charge >= 0.3 is 0 Å². The van der Waals surface area contributed by atoms with Crippen LogP contribution in [0.1, 0.15) is 26.3 Å². The van der Waals surface area contributed by atoms with E-state index in [9.17, 15) is 0 Å². The lowest BCUT2D eigenvalue weighted by molar-refractivity contribution is -0.0699. The van der Waals surface area contributed by atoms with E-state index in [-0.39, 0.29) is 0 Å². The molecule has 1 saturated heterocycles. The number of benzene rings is 1.